The lowest BCUT2D eigenvalue weighted by molar-refractivity contribution is 0.104. The molecule has 0 spiro atoms. The fourth-order valence-corrected chi connectivity index (χ4v) is 2.56. The van der Waals surface area contributed by atoms with Crippen LogP contribution < -0.4 is 10.1 Å². The molecule has 0 aromatic heterocycles. The summed E-state index contributed by atoms with van der Waals surface area (Å²) in [6.07, 6.45) is 2.00. The molecule has 1 aliphatic heterocycles. The van der Waals surface area contributed by atoms with Crippen molar-refractivity contribution in [2.75, 3.05) is 39.9 Å². The van der Waals surface area contributed by atoms with E-state index in [-0.39, 0.29) is 12.6 Å². The molecule has 1 aliphatic rings. The van der Waals surface area contributed by atoms with Crippen molar-refractivity contribution in [3.63, 3.8) is 0 Å². The zero-order chi connectivity index (χ0) is 13.5. The quantitative estimate of drug-likeness (QED) is 0.801. The van der Waals surface area contributed by atoms with Crippen LogP contribution in [0.2, 0.25) is 0 Å². The van der Waals surface area contributed by atoms with Crippen LogP contribution in [0.1, 0.15) is 12.0 Å². The van der Waals surface area contributed by atoms with Gasteiger partial charge in [0.25, 0.3) is 0 Å². The van der Waals surface area contributed by atoms with E-state index in [4.69, 9.17) is 4.74 Å². The van der Waals surface area contributed by atoms with Crippen molar-refractivity contribution >= 4 is 0 Å². The van der Waals surface area contributed by atoms with Crippen LogP contribution in [0.15, 0.2) is 24.3 Å². The van der Waals surface area contributed by atoms with Gasteiger partial charge in [-0.3, -0.25) is 4.90 Å². The van der Waals surface area contributed by atoms with Gasteiger partial charge in [-0.05, 0) is 30.5 Å². The highest BCUT2D eigenvalue weighted by molar-refractivity contribution is 5.27. The summed E-state index contributed by atoms with van der Waals surface area (Å²) in [6.45, 7) is 4.37. The molecule has 1 aromatic rings. The Hall–Kier alpha value is -1.10. The molecule has 1 unspecified atom stereocenters. The summed E-state index contributed by atoms with van der Waals surface area (Å²) < 4.78 is 5.16. The van der Waals surface area contributed by atoms with Crippen LogP contribution in [-0.2, 0) is 6.42 Å². The molecule has 2 N–H and O–H groups in total. The minimum atomic E-state index is 0.246. The summed E-state index contributed by atoms with van der Waals surface area (Å²) in [5.41, 5.74) is 1.30. The Labute approximate surface area is 115 Å². The molecule has 0 amide bonds. The molecule has 0 bridgehead atoms. The van der Waals surface area contributed by atoms with E-state index >= 15 is 0 Å². The number of aliphatic hydroxyl groups excluding tert-OH is 1. The zero-order valence-electron chi connectivity index (χ0n) is 11.6. The number of rotatable bonds is 6. The molecular formula is C15H24N2O2. The third-order valence-corrected chi connectivity index (χ3v) is 3.80. The third kappa shape index (κ3) is 4.20. The predicted molar refractivity (Wildman–Crippen MR) is 76.6 cm³/mol. The lowest BCUT2D eigenvalue weighted by Crippen LogP contribution is -2.49. The number of hydrogen-bond acceptors (Lipinski definition) is 4. The number of aryl methyl sites for hydroxylation is 1. The van der Waals surface area contributed by atoms with Gasteiger partial charge in [-0.1, -0.05) is 12.1 Å². The topological polar surface area (TPSA) is 44.7 Å². The molecule has 106 valence electrons. The summed E-state index contributed by atoms with van der Waals surface area (Å²) in [6, 6.07) is 8.47. The Kier molecular flexibility index (Phi) is 5.63. The summed E-state index contributed by atoms with van der Waals surface area (Å²) in [4.78, 5) is 2.39. The van der Waals surface area contributed by atoms with E-state index < -0.39 is 0 Å². The molecule has 4 heteroatoms. The van der Waals surface area contributed by atoms with E-state index in [0.29, 0.717) is 0 Å². The monoisotopic (exact) mass is 264 g/mol. The SMILES string of the molecule is COc1ccc(CCC(CO)N2CCNCC2)cc1. The minimum Gasteiger partial charge on any atom is -0.497 e. The van der Waals surface area contributed by atoms with Crippen molar-refractivity contribution in [2.24, 2.45) is 0 Å². The number of nitrogens with zero attached hydrogens (tertiary/aromatic N) is 1. The summed E-state index contributed by atoms with van der Waals surface area (Å²) >= 11 is 0. The van der Waals surface area contributed by atoms with E-state index in [1.807, 2.05) is 12.1 Å². The Morgan fingerprint density at radius 1 is 1.26 bits per heavy atom. The fourth-order valence-electron chi connectivity index (χ4n) is 2.56. The Bertz CT molecular complexity index is 361. The Balaban J connectivity index is 1.84. The molecule has 2 rings (SSSR count). The van der Waals surface area contributed by atoms with E-state index in [1.54, 1.807) is 7.11 Å². The van der Waals surface area contributed by atoms with Crippen molar-refractivity contribution in [3.05, 3.63) is 29.8 Å². The molecule has 4 nitrogen and oxygen atoms in total. The van der Waals surface area contributed by atoms with Crippen LogP contribution in [0.3, 0.4) is 0 Å². The van der Waals surface area contributed by atoms with Crippen molar-refractivity contribution in [2.45, 2.75) is 18.9 Å². The second-order valence-corrected chi connectivity index (χ2v) is 5.01. The maximum absolute atomic E-state index is 9.56. The fraction of sp³-hybridized carbons (Fsp3) is 0.600. The molecule has 19 heavy (non-hydrogen) atoms. The lowest BCUT2D eigenvalue weighted by atomic mass is 10.0. The number of aliphatic hydroxyl groups is 1. The second-order valence-electron chi connectivity index (χ2n) is 5.01. The number of benzene rings is 1. The average Bonchev–Trinajstić information content (AvgIpc) is 2.49. The Morgan fingerprint density at radius 2 is 1.95 bits per heavy atom. The van der Waals surface area contributed by atoms with Crippen molar-refractivity contribution < 1.29 is 9.84 Å². The van der Waals surface area contributed by atoms with Crippen molar-refractivity contribution in [1.82, 2.24) is 10.2 Å². The number of piperazine rings is 1. The summed E-state index contributed by atoms with van der Waals surface area (Å²) in [5, 5.41) is 12.9. The van der Waals surface area contributed by atoms with Gasteiger partial charge in [0.05, 0.1) is 13.7 Å². The van der Waals surface area contributed by atoms with Crippen molar-refractivity contribution in [3.8, 4) is 5.75 Å². The highest BCUT2D eigenvalue weighted by atomic mass is 16.5. The number of nitrogens with one attached hydrogen (secondary N) is 1. The summed E-state index contributed by atoms with van der Waals surface area (Å²) in [5.74, 6) is 0.893. The molecular weight excluding hydrogens is 240 g/mol. The summed E-state index contributed by atoms with van der Waals surface area (Å²) in [7, 11) is 1.68. The third-order valence-electron chi connectivity index (χ3n) is 3.80. The van der Waals surface area contributed by atoms with Gasteiger partial charge in [0.1, 0.15) is 5.75 Å². The van der Waals surface area contributed by atoms with Gasteiger partial charge in [-0.25, -0.2) is 0 Å². The Morgan fingerprint density at radius 3 is 2.53 bits per heavy atom. The van der Waals surface area contributed by atoms with Gasteiger partial charge in [0.2, 0.25) is 0 Å². The van der Waals surface area contributed by atoms with E-state index in [9.17, 15) is 5.11 Å². The molecule has 1 fully saturated rings. The minimum absolute atomic E-state index is 0.246. The molecule has 1 saturated heterocycles. The van der Waals surface area contributed by atoms with Crippen molar-refractivity contribution in [1.29, 1.82) is 0 Å². The van der Waals surface area contributed by atoms with Gasteiger partial charge in [-0.15, -0.1) is 0 Å². The zero-order valence-corrected chi connectivity index (χ0v) is 11.6. The second kappa shape index (κ2) is 7.48. The number of methoxy groups -OCH3 is 1. The van der Waals surface area contributed by atoms with Crippen LogP contribution in [0, 0.1) is 0 Å². The highest BCUT2D eigenvalue weighted by Crippen LogP contribution is 2.15. The number of ether oxygens (including phenoxy) is 1. The van der Waals surface area contributed by atoms with Gasteiger partial charge >= 0.3 is 0 Å². The average molecular weight is 264 g/mol. The first kappa shape index (κ1) is 14.3. The molecule has 0 aliphatic carbocycles. The lowest BCUT2D eigenvalue weighted by Gasteiger charge is -2.34. The van der Waals surface area contributed by atoms with Gasteiger partial charge in [0, 0.05) is 32.2 Å². The van der Waals surface area contributed by atoms with Crippen LogP contribution in [0.5, 0.6) is 5.75 Å². The number of hydrogen-bond donors (Lipinski definition) is 2. The molecule has 0 radical (unpaired) electrons. The van der Waals surface area contributed by atoms with Gasteiger partial charge < -0.3 is 15.2 Å². The van der Waals surface area contributed by atoms with Crippen LogP contribution in [-0.4, -0.2) is 55.9 Å². The highest BCUT2D eigenvalue weighted by Gasteiger charge is 2.19. The molecule has 1 aromatic carbocycles. The van der Waals surface area contributed by atoms with E-state index in [0.717, 1.165) is 44.8 Å². The maximum atomic E-state index is 9.56. The first-order valence-corrected chi connectivity index (χ1v) is 7.02. The van der Waals surface area contributed by atoms with Crippen LogP contribution in [0.4, 0.5) is 0 Å². The standard InChI is InChI=1S/C15H24N2O2/c1-19-15-6-3-13(4-7-15)2-5-14(12-18)17-10-8-16-9-11-17/h3-4,6-7,14,16,18H,2,5,8-12H2,1H3. The maximum Gasteiger partial charge on any atom is 0.118 e. The smallest absolute Gasteiger partial charge is 0.118 e. The van der Waals surface area contributed by atoms with Gasteiger partial charge in [-0.2, -0.15) is 0 Å². The first-order valence-electron chi connectivity index (χ1n) is 7.02. The predicted octanol–water partition coefficient (Wildman–Crippen LogP) is 0.894. The van der Waals surface area contributed by atoms with Crippen LogP contribution in [0.25, 0.3) is 0 Å². The first-order chi connectivity index (χ1) is 9.33. The molecule has 1 atom stereocenters. The van der Waals surface area contributed by atoms with Gasteiger partial charge in [0.15, 0.2) is 0 Å². The molecule has 1 heterocycles. The normalized spacial score (nSPS) is 18.2. The molecule has 0 saturated carbocycles. The van der Waals surface area contributed by atoms with E-state index in [1.165, 1.54) is 5.56 Å². The van der Waals surface area contributed by atoms with E-state index in [2.05, 4.69) is 22.3 Å². The van der Waals surface area contributed by atoms with Crippen LogP contribution >= 0.6 is 0 Å². The largest absolute Gasteiger partial charge is 0.497 e.